The monoisotopic (exact) mass is 395 g/mol. The van der Waals surface area contributed by atoms with E-state index in [0.29, 0.717) is 36.6 Å². The SMILES string of the molecule is CC(=O)N1CC[NH+](CC(=O)Nc2ccccc2C(=O)Nc2cccc(C)c2)CC1. The van der Waals surface area contributed by atoms with Gasteiger partial charge in [-0.15, -0.1) is 0 Å². The van der Waals surface area contributed by atoms with Crippen LogP contribution in [0.4, 0.5) is 11.4 Å². The van der Waals surface area contributed by atoms with E-state index < -0.39 is 0 Å². The second kappa shape index (κ2) is 9.34. The van der Waals surface area contributed by atoms with Gasteiger partial charge in [-0.1, -0.05) is 24.3 Å². The largest absolute Gasteiger partial charge is 0.332 e. The lowest BCUT2D eigenvalue weighted by atomic mass is 10.1. The van der Waals surface area contributed by atoms with Gasteiger partial charge in [0, 0.05) is 12.6 Å². The van der Waals surface area contributed by atoms with Gasteiger partial charge in [0.05, 0.1) is 37.4 Å². The van der Waals surface area contributed by atoms with Gasteiger partial charge in [0.15, 0.2) is 6.54 Å². The molecular weight excluding hydrogens is 368 g/mol. The summed E-state index contributed by atoms with van der Waals surface area (Å²) < 4.78 is 0. The lowest BCUT2D eigenvalue weighted by Crippen LogP contribution is -3.15. The van der Waals surface area contributed by atoms with Crippen LogP contribution >= 0.6 is 0 Å². The van der Waals surface area contributed by atoms with Crippen LogP contribution in [0.1, 0.15) is 22.8 Å². The molecule has 0 spiro atoms. The molecule has 1 aliphatic rings. The van der Waals surface area contributed by atoms with E-state index in [-0.39, 0.29) is 17.7 Å². The van der Waals surface area contributed by atoms with Crippen molar-refractivity contribution in [1.82, 2.24) is 4.90 Å². The van der Waals surface area contributed by atoms with Crippen LogP contribution in [0.2, 0.25) is 0 Å². The second-order valence-corrected chi connectivity index (χ2v) is 7.35. The van der Waals surface area contributed by atoms with Gasteiger partial charge in [0.25, 0.3) is 11.8 Å². The van der Waals surface area contributed by atoms with E-state index in [1.807, 2.05) is 31.2 Å². The number of nitrogens with one attached hydrogen (secondary N) is 3. The van der Waals surface area contributed by atoms with Crippen molar-refractivity contribution in [3.05, 3.63) is 59.7 Å². The molecule has 1 fully saturated rings. The molecule has 3 rings (SSSR count). The van der Waals surface area contributed by atoms with Crippen LogP contribution in [0.25, 0.3) is 0 Å². The third-order valence-corrected chi connectivity index (χ3v) is 5.05. The summed E-state index contributed by atoms with van der Waals surface area (Å²) in [5, 5.41) is 5.75. The molecule has 3 amide bonds. The number of rotatable bonds is 5. The molecule has 1 heterocycles. The van der Waals surface area contributed by atoms with Crippen molar-refractivity contribution in [1.29, 1.82) is 0 Å². The minimum Gasteiger partial charge on any atom is -0.332 e. The number of anilines is 2. The molecule has 0 bridgehead atoms. The quantitative estimate of drug-likeness (QED) is 0.705. The summed E-state index contributed by atoms with van der Waals surface area (Å²) in [4.78, 5) is 39.6. The van der Waals surface area contributed by atoms with Gasteiger partial charge < -0.3 is 20.4 Å². The molecule has 0 unspecified atom stereocenters. The van der Waals surface area contributed by atoms with Gasteiger partial charge in [0.2, 0.25) is 5.91 Å². The first-order chi connectivity index (χ1) is 13.9. The zero-order valence-electron chi connectivity index (χ0n) is 16.8. The topological polar surface area (TPSA) is 83.0 Å². The van der Waals surface area contributed by atoms with Gasteiger partial charge in [-0.3, -0.25) is 14.4 Å². The highest BCUT2D eigenvalue weighted by Gasteiger charge is 2.24. The van der Waals surface area contributed by atoms with Gasteiger partial charge in [-0.2, -0.15) is 0 Å². The number of hydrogen-bond acceptors (Lipinski definition) is 3. The number of amides is 3. The van der Waals surface area contributed by atoms with Crippen molar-refractivity contribution in [2.24, 2.45) is 0 Å². The molecule has 0 saturated carbocycles. The van der Waals surface area contributed by atoms with E-state index in [1.54, 1.807) is 36.1 Å². The lowest BCUT2D eigenvalue weighted by Gasteiger charge is -2.31. The third kappa shape index (κ3) is 5.65. The summed E-state index contributed by atoms with van der Waals surface area (Å²) >= 11 is 0. The van der Waals surface area contributed by atoms with Crippen molar-refractivity contribution in [3.63, 3.8) is 0 Å². The molecule has 152 valence electrons. The van der Waals surface area contributed by atoms with Gasteiger partial charge in [-0.05, 0) is 36.8 Å². The molecule has 0 radical (unpaired) electrons. The van der Waals surface area contributed by atoms with E-state index in [9.17, 15) is 14.4 Å². The second-order valence-electron chi connectivity index (χ2n) is 7.35. The highest BCUT2D eigenvalue weighted by molar-refractivity contribution is 6.10. The summed E-state index contributed by atoms with van der Waals surface area (Å²) in [5.41, 5.74) is 2.67. The first-order valence-electron chi connectivity index (χ1n) is 9.78. The predicted octanol–water partition coefficient (Wildman–Crippen LogP) is 0.933. The molecule has 2 aromatic carbocycles. The highest BCUT2D eigenvalue weighted by Crippen LogP contribution is 2.18. The number of nitrogens with zero attached hydrogens (tertiary/aromatic N) is 1. The summed E-state index contributed by atoms with van der Waals surface area (Å²) in [6.45, 7) is 6.63. The Kier molecular flexibility index (Phi) is 6.61. The number of piperazine rings is 1. The maximum absolute atomic E-state index is 12.7. The van der Waals surface area contributed by atoms with Crippen LogP contribution in [0, 0.1) is 6.92 Å². The minimum absolute atomic E-state index is 0.0713. The summed E-state index contributed by atoms with van der Waals surface area (Å²) in [6, 6.07) is 14.5. The number of carbonyl (C=O) groups excluding carboxylic acids is 3. The molecule has 29 heavy (non-hydrogen) atoms. The maximum atomic E-state index is 12.7. The van der Waals surface area contributed by atoms with Crippen LogP contribution < -0.4 is 15.5 Å². The molecule has 7 nitrogen and oxygen atoms in total. The number of hydrogen-bond donors (Lipinski definition) is 3. The zero-order valence-corrected chi connectivity index (χ0v) is 16.8. The Labute approximate surface area is 170 Å². The number of benzene rings is 2. The Hall–Kier alpha value is -3.19. The highest BCUT2D eigenvalue weighted by atomic mass is 16.2. The minimum atomic E-state index is -0.270. The third-order valence-electron chi connectivity index (χ3n) is 5.05. The molecule has 7 heteroatoms. The van der Waals surface area contributed by atoms with Crippen LogP contribution in [0.5, 0.6) is 0 Å². The zero-order chi connectivity index (χ0) is 20.8. The fourth-order valence-electron chi connectivity index (χ4n) is 3.45. The fourth-order valence-corrected chi connectivity index (χ4v) is 3.45. The predicted molar refractivity (Wildman–Crippen MR) is 112 cm³/mol. The maximum Gasteiger partial charge on any atom is 0.279 e. The Morgan fingerprint density at radius 3 is 2.41 bits per heavy atom. The standard InChI is InChI=1S/C22H26N4O3/c1-16-6-5-7-18(14-16)23-22(29)19-8-3-4-9-20(19)24-21(28)15-25-10-12-26(13-11-25)17(2)27/h3-9,14H,10-13,15H2,1-2H3,(H,23,29)(H,24,28)/p+1. The molecule has 0 aliphatic carbocycles. The Morgan fingerprint density at radius 1 is 1.00 bits per heavy atom. The lowest BCUT2D eigenvalue weighted by molar-refractivity contribution is -0.895. The van der Waals surface area contributed by atoms with E-state index in [2.05, 4.69) is 10.6 Å². The van der Waals surface area contributed by atoms with Gasteiger partial charge >= 0.3 is 0 Å². The summed E-state index contributed by atoms with van der Waals surface area (Å²) in [7, 11) is 0. The Balaban J connectivity index is 1.61. The van der Waals surface area contributed by atoms with E-state index in [4.69, 9.17) is 0 Å². The van der Waals surface area contributed by atoms with Crippen molar-refractivity contribution in [3.8, 4) is 0 Å². The number of aryl methyl sites for hydroxylation is 1. The number of para-hydroxylation sites is 1. The van der Waals surface area contributed by atoms with Gasteiger partial charge in [0.1, 0.15) is 0 Å². The molecule has 3 N–H and O–H groups in total. The number of quaternary nitrogens is 1. The van der Waals surface area contributed by atoms with Crippen molar-refractivity contribution in [2.45, 2.75) is 13.8 Å². The van der Waals surface area contributed by atoms with Crippen molar-refractivity contribution in [2.75, 3.05) is 43.4 Å². The first-order valence-corrected chi connectivity index (χ1v) is 9.78. The van der Waals surface area contributed by atoms with Crippen LogP contribution in [-0.4, -0.2) is 55.3 Å². The number of carbonyl (C=O) groups is 3. The molecule has 0 atom stereocenters. The van der Waals surface area contributed by atoms with E-state index >= 15 is 0 Å². The molecule has 1 saturated heterocycles. The molecule has 0 aromatic heterocycles. The van der Waals surface area contributed by atoms with Crippen LogP contribution in [0.15, 0.2) is 48.5 Å². The van der Waals surface area contributed by atoms with Crippen molar-refractivity contribution < 1.29 is 19.3 Å². The van der Waals surface area contributed by atoms with Crippen molar-refractivity contribution >= 4 is 29.1 Å². The summed E-state index contributed by atoms with van der Waals surface area (Å²) in [6.07, 6.45) is 0. The van der Waals surface area contributed by atoms with E-state index in [1.165, 1.54) is 0 Å². The molecule has 1 aliphatic heterocycles. The smallest absolute Gasteiger partial charge is 0.279 e. The molecular formula is C22H27N4O3+. The van der Waals surface area contributed by atoms with Crippen LogP contribution in [0.3, 0.4) is 0 Å². The summed E-state index contributed by atoms with van der Waals surface area (Å²) in [5.74, 6) is -0.344. The first kappa shape index (κ1) is 20.5. The van der Waals surface area contributed by atoms with Gasteiger partial charge in [-0.25, -0.2) is 0 Å². The fraction of sp³-hybridized carbons (Fsp3) is 0.318. The Morgan fingerprint density at radius 2 is 1.72 bits per heavy atom. The average molecular weight is 395 g/mol. The normalized spacial score (nSPS) is 14.3. The molecule has 2 aromatic rings. The van der Waals surface area contributed by atoms with Crippen LogP contribution in [-0.2, 0) is 9.59 Å². The van der Waals surface area contributed by atoms with E-state index in [0.717, 1.165) is 23.6 Å². The average Bonchev–Trinajstić information content (AvgIpc) is 2.68. The Bertz CT molecular complexity index is 904.